The van der Waals surface area contributed by atoms with Crippen molar-refractivity contribution < 1.29 is 16.8 Å². The standard InChI is InChI=1S/C14H17N9O4S2/c15-4-6-19-29(26,27)10-2-1-9(8-3-5-18-11(16)7-8)12(13(10)28(17,24)25)14-20-22-23-21-14/h1-3,5,7,19H,4,6,15H2,(H2,16,18)(H2,17,24,25)(H,20,21,22,23). The zero-order valence-electron chi connectivity index (χ0n) is 14.8. The van der Waals surface area contributed by atoms with Crippen LogP contribution in [0, 0.1) is 0 Å². The van der Waals surface area contributed by atoms with E-state index in [1.807, 2.05) is 0 Å². The lowest BCUT2D eigenvalue weighted by Gasteiger charge is -2.16. The first-order chi connectivity index (χ1) is 13.6. The Morgan fingerprint density at radius 2 is 1.90 bits per heavy atom. The molecule has 2 aromatic heterocycles. The number of pyridine rings is 1. The predicted octanol–water partition coefficient (Wildman–Crippen LogP) is -1.60. The molecule has 0 radical (unpaired) electrons. The molecule has 0 atom stereocenters. The normalized spacial score (nSPS) is 12.2. The van der Waals surface area contributed by atoms with Crippen LogP contribution in [0.4, 0.5) is 5.82 Å². The molecule has 3 rings (SSSR count). The van der Waals surface area contributed by atoms with E-state index in [0.29, 0.717) is 5.56 Å². The average Bonchev–Trinajstić information content (AvgIpc) is 3.19. The van der Waals surface area contributed by atoms with E-state index in [4.69, 9.17) is 16.6 Å². The topological polar surface area (TPSA) is 226 Å². The molecular formula is C14H17N9O4S2. The Kier molecular flexibility index (Phi) is 5.58. The van der Waals surface area contributed by atoms with E-state index in [9.17, 15) is 16.8 Å². The summed E-state index contributed by atoms with van der Waals surface area (Å²) in [6, 6.07) is 5.55. The fraction of sp³-hybridized carbons (Fsp3) is 0.143. The Bertz CT molecular complexity index is 1240. The number of aromatic amines is 1. The van der Waals surface area contributed by atoms with Gasteiger partial charge in [-0.25, -0.2) is 31.7 Å². The van der Waals surface area contributed by atoms with Crippen molar-refractivity contribution in [1.29, 1.82) is 0 Å². The SMILES string of the molecule is NCCNS(=O)(=O)c1ccc(-c2ccnc(N)c2)c(-c2nn[nH]n2)c1S(N)(=O)=O. The van der Waals surface area contributed by atoms with Gasteiger partial charge in [0.25, 0.3) is 0 Å². The van der Waals surface area contributed by atoms with Crippen molar-refractivity contribution in [3.05, 3.63) is 30.5 Å². The first kappa shape index (κ1) is 20.7. The van der Waals surface area contributed by atoms with E-state index < -0.39 is 29.8 Å². The van der Waals surface area contributed by atoms with Crippen molar-refractivity contribution in [2.75, 3.05) is 18.8 Å². The van der Waals surface area contributed by atoms with E-state index in [0.717, 1.165) is 6.07 Å². The van der Waals surface area contributed by atoms with Crippen molar-refractivity contribution in [3.63, 3.8) is 0 Å². The molecule has 0 saturated heterocycles. The maximum absolute atomic E-state index is 12.7. The Hall–Kier alpha value is -2.98. The summed E-state index contributed by atoms with van der Waals surface area (Å²) in [6.07, 6.45) is 1.41. The van der Waals surface area contributed by atoms with Crippen molar-refractivity contribution in [2.45, 2.75) is 9.79 Å². The second-order valence-corrected chi connectivity index (χ2v) is 8.99. The van der Waals surface area contributed by atoms with E-state index in [-0.39, 0.29) is 35.9 Å². The first-order valence-electron chi connectivity index (χ1n) is 8.00. The molecule has 15 heteroatoms. The highest BCUT2D eigenvalue weighted by Gasteiger charge is 2.31. The third-order valence-corrected chi connectivity index (χ3v) is 6.42. The van der Waals surface area contributed by atoms with Crippen LogP contribution in [0.15, 0.2) is 40.3 Å². The Morgan fingerprint density at radius 1 is 1.14 bits per heavy atom. The Morgan fingerprint density at radius 3 is 2.48 bits per heavy atom. The number of anilines is 1. The van der Waals surface area contributed by atoms with Crippen molar-refractivity contribution in [1.82, 2.24) is 30.3 Å². The van der Waals surface area contributed by atoms with Crippen LogP contribution in [0.25, 0.3) is 22.5 Å². The predicted molar refractivity (Wildman–Crippen MR) is 103 cm³/mol. The number of rotatable bonds is 7. The van der Waals surface area contributed by atoms with Gasteiger partial charge >= 0.3 is 0 Å². The molecule has 0 saturated carbocycles. The summed E-state index contributed by atoms with van der Waals surface area (Å²) in [7, 11) is -8.83. The van der Waals surface area contributed by atoms with Gasteiger partial charge in [0.15, 0.2) is 0 Å². The van der Waals surface area contributed by atoms with Crippen LogP contribution in [0.5, 0.6) is 0 Å². The number of hydrogen-bond donors (Lipinski definition) is 5. The molecule has 154 valence electrons. The number of nitrogens with two attached hydrogens (primary N) is 3. The summed E-state index contributed by atoms with van der Waals surface area (Å²) in [5, 5.41) is 18.6. The van der Waals surface area contributed by atoms with Gasteiger partial charge in [0, 0.05) is 19.3 Å². The van der Waals surface area contributed by atoms with Gasteiger partial charge in [0.2, 0.25) is 25.9 Å². The van der Waals surface area contributed by atoms with Crippen molar-refractivity contribution in [2.24, 2.45) is 10.9 Å². The minimum absolute atomic E-state index is 0.00993. The Labute approximate surface area is 165 Å². The Balaban J connectivity index is 2.43. The van der Waals surface area contributed by atoms with Crippen LogP contribution in [0.1, 0.15) is 0 Å². The molecule has 0 bridgehead atoms. The molecule has 0 aliphatic heterocycles. The highest BCUT2D eigenvalue weighted by molar-refractivity contribution is 7.92. The van der Waals surface area contributed by atoms with E-state index in [2.05, 4.69) is 30.3 Å². The van der Waals surface area contributed by atoms with Gasteiger partial charge < -0.3 is 11.5 Å². The summed E-state index contributed by atoms with van der Waals surface area (Å²) >= 11 is 0. The second-order valence-electron chi connectivity index (χ2n) is 5.75. The molecule has 0 aliphatic carbocycles. The number of primary sulfonamides is 1. The smallest absolute Gasteiger partial charge is 0.241 e. The van der Waals surface area contributed by atoms with Gasteiger partial charge in [0.1, 0.15) is 15.6 Å². The van der Waals surface area contributed by atoms with Crippen LogP contribution >= 0.6 is 0 Å². The second kappa shape index (κ2) is 7.80. The summed E-state index contributed by atoms with van der Waals surface area (Å²) in [5.41, 5.74) is 11.6. The van der Waals surface area contributed by atoms with Gasteiger partial charge in [-0.15, -0.1) is 10.2 Å². The number of aromatic nitrogens is 5. The summed E-state index contributed by atoms with van der Waals surface area (Å²) < 4.78 is 52.6. The summed E-state index contributed by atoms with van der Waals surface area (Å²) in [4.78, 5) is 2.63. The van der Waals surface area contributed by atoms with Crippen LogP contribution in [-0.2, 0) is 20.0 Å². The van der Waals surface area contributed by atoms with Crippen LogP contribution in [0.3, 0.4) is 0 Å². The minimum Gasteiger partial charge on any atom is -0.384 e. The number of benzene rings is 1. The van der Waals surface area contributed by atoms with Crippen LogP contribution < -0.4 is 21.3 Å². The number of nitrogen functional groups attached to an aromatic ring is 1. The maximum Gasteiger partial charge on any atom is 0.241 e. The fourth-order valence-electron chi connectivity index (χ4n) is 2.67. The fourth-order valence-corrected chi connectivity index (χ4v) is 5.32. The zero-order chi connectivity index (χ0) is 21.2. The van der Waals surface area contributed by atoms with Gasteiger partial charge in [-0.3, -0.25) is 0 Å². The van der Waals surface area contributed by atoms with Gasteiger partial charge in [-0.05, 0) is 34.5 Å². The molecule has 2 heterocycles. The van der Waals surface area contributed by atoms with Crippen LogP contribution in [0.2, 0.25) is 0 Å². The molecule has 0 amide bonds. The lowest BCUT2D eigenvalue weighted by Crippen LogP contribution is -2.31. The van der Waals surface area contributed by atoms with E-state index in [1.165, 1.54) is 18.3 Å². The molecule has 29 heavy (non-hydrogen) atoms. The number of H-pyrrole nitrogens is 1. The lowest BCUT2D eigenvalue weighted by atomic mass is 10.00. The lowest BCUT2D eigenvalue weighted by molar-refractivity contribution is 0.574. The molecule has 1 aromatic carbocycles. The number of hydrogen-bond acceptors (Lipinski definition) is 10. The third kappa shape index (κ3) is 4.22. The number of sulfonamides is 2. The quantitative estimate of drug-likeness (QED) is 0.283. The van der Waals surface area contributed by atoms with Gasteiger partial charge in [0.05, 0.1) is 5.56 Å². The van der Waals surface area contributed by atoms with E-state index in [1.54, 1.807) is 6.07 Å². The summed E-state index contributed by atoms with van der Waals surface area (Å²) in [5.74, 6) is -0.00434. The highest BCUT2D eigenvalue weighted by Crippen LogP contribution is 2.38. The first-order valence-corrected chi connectivity index (χ1v) is 11.0. The average molecular weight is 439 g/mol. The number of tetrazole rings is 1. The molecule has 3 aromatic rings. The zero-order valence-corrected chi connectivity index (χ0v) is 16.4. The monoisotopic (exact) mass is 439 g/mol. The minimum atomic E-state index is -4.56. The molecule has 0 unspecified atom stereocenters. The number of nitrogens with one attached hydrogen (secondary N) is 2. The van der Waals surface area contributed by atoms with Crippen molar-refractivity contribution >= 4 is 25.9 Å². The highest BCUT2D eigenvalue weighted by atomic mass is 32.2. The molecule has 0 spiro atoms. The van der Waals surface area contributed by atoms with Crippen molar-refractivity contribution in [3.8, 4) is 22.5 Å². The largest absolute Gasteiger partial charge is 0.384 e. The third-order valence-electron chi connectivity index (χ3n) is 3.79. The molecular weight excluding hydrogens is 422 g/mol. The van der Waals surface area contributed by atoms with Gasteiger partial charge in [-0.2, -0.15) is 5.21 Å². The van der Waals surface area contributed by atoms with Gasteiger partial charge in [-0.1, -0.05) is 6.07 Å². The van der Waals surface area contributed by atoms with Crippen LogP contribution in [-0.4, -0.2) is 55.5 Å². The molecule has 0 aliphatic rings. The maximum atomic E-state index is 12.7. The molecule has 0 fully saturated rings. The molecule has 13 nitrogen and oxygen atoms in total. The summed E-state index contributed by atoms with van der Waals surface area (Å²) in [6.45, 7) is -0.0947. The number of nitrogens with zero attached hydrogens (tertiary/aromatic N) is 4. The van der Waals surface area contributed by atoms with E-state index >= 15 is 0 Å². The molecule has 8 N–H and O–H groups in total.